The van der Waals surface area contributed by atoms with Crippen LogP contribution in [0, 0.1) is 0 Å². The van der Waals surface area contributed by atoms with Crippen LogP contribution in [-0.2, 0) is 11.2 Å². The molecule has 0 fully saturated rings. The van der Waals surface area contributed by atoms with Gasteiger partial charge < -0.3 is 10.6 Å². The molecule has 18 heavy (non-hydrogen) atoms. The summed E-state index contributed by atoms with van der Waals surface area (Å²) in [7, 11) is 0. The Kier molecular flexibility index (Phi) is 4.62. The maximum atomic E-state index is 11.5. The van der Waals surface area contributed by atoms with Crippen molar-refractivity contribution < 1.29 is 4.79 Å². The molecule has 3 heteroatoms. The monoisotopic (exact) mass is 246 g/mol. The Morgan fingerprint density at radius 2 is 2.28 bits per heavy atom. The average Bonchev–Trinajstić information content (AvgIpc) is 2.58. The van der Waals surface area contributed by atoms with Gasteiger partial charge in [0, 0.05) is 24.7 Å². The van der Waals surface area contributed by atoms with E-state index in [0.29, 0.717) is 12.5 Å². The Bertz CT molecular complexity index is 403. The molecule has 0 spiro atoms. The number of anilines is 1. The third-order valence-electron chi connectivity index (χ3n) is 3.40. The minimum absolute atomic E-state index is 0.164. The predicted octanol–water partition coefficient (Wildman–Crippen LogP) is 2.72. The van der Waals surface area contributed by atoms with Crippen molar-refractivity contribution >= 4 is 11.6 Å². The van der Waals surface area contributed by atoms with Crippen LogP contribution in [0.4, 0.5) is 5.69 Å². The van der Waals surface area contributed by atoms with Gasteiger partial charge in [-0.25, -0.2) is 0 Å². The molecule has 0 bridgehead atoms. The van der Waals surface area contributed by atoms with E-state index < -0.39 is 0 Å². The molecule has 0 saturated heterocycles. The number of hydrogen-bond acceptors (Lipinski definition) is 2. The highest BCUT2D eigenvalue weighted by atomic mass is 16.1. The first kappa shape index (κ1) is 12.9. The number of rotatable bonds is 4. The summed E-state index contributed by atoms with van der Waals surface area (Å²) in [5.74, 6) is 0.164. The van der Waals surface area contributed by atoms with Crippen molar-refractivity contribution in [2.45, 2.75) is 45.1 Å². The molecule has 3 nitrogen and oxygen atoms in total. The SMILES string of the molecule is CCCC(=O)NCC1CCCc2ccccc2N1. The van der Waals surface area contributed by atoms with Crippen LogP contribution in [0.1, 0.15) is 38.2 Å². The number of aryl methyl sites for hydroxylation is 1. The molecule has 1 atom stereocenters. The lowest BCUT2D eigenvalue weighted by atomic mass is 10.1. The summed E-state index contributed by atoms with van der Waals surface area (Å²) in [6.45, 7) is 2.76. The van der Waals surface area contributed by atoms with Gasteiger partial charge in [0.2, 0.25) is 5.91 Å². The highest BCUT2D eigenvalue weighted by Gasteiger charge is 2.15. The first-order valence-electron chi connectivity index (χ1n) is 6.90. The van der Waals surface area contributed by atoms with Crippen LogP contribution < -0.4 is 10.6 Å². The minimum Gasteiger partial charge on any atom is -0.380 e. The molecule has 1 aromatic rings. The number of nitrogens with one attached hydrogen (secondary N) is 2. The van der Waals surface area contributed by atoms with Crippen molar-refractivity contribution in [2.24, 2.45) is 0 Å². The van der Waals surface area contributed by atoms with E-state index in [2.05, 4.69) is 34.9 Å². The van der Waals surface area contributed by atoms with E-state index in [1.54, 1.807) is 0 Å². The quantitative estimate of drug-likeness (QED) is 0.857. The van der Waals surface area contributed by atoms with Crippen LogP contribution in [0.15, 0.2) is 24.3 Å². The highest BCUT2D eigenvalue weighted by Crippen LogP contribution is 2.23. The third kappa shape index (κ3) is 3.49. The predicted molar refractivity (Wildman–Crippen MR) is 74.7 cm³/mol. The summed E-state index contributed by atoms with van der Waals surface area (Å²) in [6, 6.07) is 8.81. The maximum absolute atomic E-state index is 11.5. The normalized spacial score (nSPS) is 18.4. The van der Waals surface area contributed by atoms with E-state index in [1.165, 1.54) is 17.7 Å². The van der Waals surface area contributed by atoms with E-state index in [9.17, 15) is 4.79 Å². The zero-order chi connectivity index (χ0) is 12.8. The lowest BCUT2D eigenvalue weighted by Gasteiger charge is -2.18. The van der Waals surface area contributed by atoms with Gasteiger partial charge in [0.25, 0.3) is 0 Å². The van der Waals surface area contributed by atoms with Gasteiger partial charge in [0.15, 0.2) is 0 Å². The minimum atomic E-state index is 0.164. The second-order valence-electron chi connectivity index (χ2n) is 4.94. The number of fused-ring (bicyclic) bond motifs is 1. The fourth-order valence-electron chi connectivity index (χ4n) is 2.42. The van der Waals surface area contributed by atoms with Gasteiger partial charge in [-0.05, 0) is 37.3 Å². The number of amides is 1. The number of carbonyl (C=O) groups is 1. The smallest absolute Gasteiger partial charge is 0.220 e. The van der Waals surface area contributed by atoms with E-state index >= 15 is 0 Å². The van der Waals surface area contributed by atoms with Crippen LogP contribution in [0.5, 0.6) is 0 Å². The van der Waals surface area contributed by atoms with E-state index in [-0.39, 0.29) is 5.91 Å². The molecule has 1 aromatic carbocycles. The van der Waals surface area contributed by atoms with E-state index in [4.69, 9.17) is 0 Å². The Balaban J connectivity index is 1.90. The second-order valence-corrected chi connectivity index (χ2v) is 4.94. The zero-order valence-electron chi connectivity index (χ0n) is 11.0. The van der Waals surface area contributed by atoms with Crippen LogP contribution in [0.2, 0.25) is 0 Å². The molecule has 1 heterocycles. The van der Waals surface area contributed by atoms with Gasteiger partial charge in [0.05, 0.1) is 0 Å². The van der Waals surface area contributed by atoms with Gasteiger partial charge in [-0.2, -0.15) is 0 Å². The van der Waals surface area contributed by atoms with Gasteiger partial charge in [-0.15, -0.1) is 0 Å². The van der Waals surface area contributed by atoms with E-state index in [1.807, 2.05) is 6.92 Å². The van der Waals surface area contributed by atoms with Crippen molar-refractivity contribution in [2.75, 3.05) is 11.9 Å². The fraction of sp³-hybridized carbons (Fsp3) is 0.533. The van der Waals surface area contributed by atoms with Crippen LogP contribution in [-0.4, -0.2) is 18.5 Å². The molecule has 0 saturated carbocycles. The van der Waals surface area contributed by atoms with Crippen molar-refractivity contribution in [1.82, 2.24) is 5.32 Å². The molecule has 1 amide bonds. The average molecular weight is 246 g/mol. The molecule has 1 unspecified atom stereocenters. The van der Waals surface area contributed by atoms with Crippen molar-refractivity contribution in [3.63, 3.8) is 0 Å². The molecular formula is C15H22N2O. The molecule has 1 aliphatic heterocycles. The summed E-state index contributed by atoms with van der Waals surface area (Å²) < 4.78 is 0. The number of carbonyl (C=O) groups excluding carboxylic acids is 1. The zero-order valence-corrected chi connectivity index (χ0v) is 11.0. The summed E-state index contributed by atoms with van der Waals surface area (Å²) in [6.07, 6.45) is 4.96. The van der Waals surface area contributed by atoms with Gasteiger partial charge in [-0.1, -0.05) is 25.1 Å². The van der Waals surface area contributed by atoms with Gasteiger partial charge in [0.1, 0.15) is 0 Å². The molecule has 0 aliphatic carbocycles. The van der Waals surface area contributed by atoms with Crippen molar-refractivity contribution in [3.8, 4) is 0 Å². The summed E-state index contributed by atoms with van der Waals surface area (Å²) in [5.41, 5.74) is 2.62. The van der Waals surface area contributed by atoms with Crippen molar-refractivity contribution in [3.05, 3.63) is 29.8 Å². The molecule has 0 radical (unpaired) electrons. The molecule has 1 aliphatic rings. The Morgan fingerprint density at radius 3 is 3.11 bits per heavy atom. The molecular weight excluding hydrogens is 224 g/mol. The van der Waals surface area contributed by atoms with E-state index in [0.717, 1.165) is 25.8 Å². The number of benzene rings is 1. The molecule has 2 rings (SSSR count). The largest absolute Gasteiger partial charge is 0.380 e. The Morgan fingerprint density at radius 1 is 1.44 bits per heavy atom. The molecule has 98 valence electrons. The van der Waals surface area contributed by atoms with Crippen LogP contribution in [0.25, 0.3) is 0 Å². The first-order valence-corrected chi connectivity index (χ1v) is 6.90. The first-order chi connectivity index (χ1) is 8.79. The number of para-hydroxylation sites is 1. The maximum Gasteiger partial charge on any atom is 0.220 e. The van der Waals surface area contributed by atoms with Crippen LogP contribution in [0.3, 0.4) is 0 Å². The summed E-state index contributed by atoms with van der Waals surface area (Å²) in [5, 5.41) is 6.55. The Labute approximate surface area is 109 Å². The van der Waals surface area contributed by atoms with Crippen molar-refractivity contribution in [1.29, 1.82) is 0 Å². The van der Waals surface area contributed by atoms with Gasteiger partial charge in [-0.3, -0.25) is 4.79 Å². The highest BCUT2D eigenvalue weighted by molar-refractivity contribution is 5.75. The Hall–Kier alpha value is -1.51. The third-order valence-corrected chi connectivity index (χ3v) is 3.40. The topological polar surface area (TPSA) is 41.1 Å². The lowest BCUT2D eigenvalue weighted by Crippen LogP contribution is -2.36. The fourth-order valence-corrected chi connectivity index (χ4v) is 2.42. The second kappa shape index (κ2) is 6.43. The molecule has 0 aromatic heterocycles. The summed E-state index contributed by atoms with van der Waals surface area (Å²) >= 11 is 0. The standard InChI is InChI=1S/C15H22N2O/c1-2-6-15(18)16-11-13-9-5-8-12-7-3-4-10-14(12)17-13/h3-4,7,10,13,17H,2,5-6,8-9,11H2,1H3,(H,16,18). The lowest BCUT2D eigenvalue weighted by molar-refractivity contribution is -0.121. The number of hydrogen-bond donors (Lipinski definition) is 2. The molecule has 2 N–H and O–H groups in total. The summed E-state index contributed by atoms with van der Waals surface area (Å²) in [4.78, 5) is 11.5. The van der Waals surface area contributed by atoms with Crippen LogP contribution >= 0.6 is 0 Å². The van der Waals surface area contributed by atoms with Gasteiger partial charge >= 0.3 is 0 Å².